The van der Waals surface area contributed by atoms with Crippen molar-refractivity contribution >= 4 is 33.5 Å². The maximum atomic E-state index is 13.4. The fraction of sp³-hybridized carbons (Fsp3) is 0.364. The smallest absolute Gasteiger partial charge is 0.307 e. The number of carbonyl (C=O) groups is 2. The standard InChI is InChI=1S/C22H25ClN2O6S/c1-30-21(26)9-10-24(16-17-5-3-2-4-6-17)22(27)19-15-18(7-8-20(19)23)32(28,29)25-11-13-31-14-12-25/h2-8,15H,9-14,16H2,1H3. The van der Waals surface area contributed by atoms with Crippen molar-refractivity contribution in [1.29, 1.82) is 0 Å². The van der Waals surface area contributed by atoms with E-state index in [1.54, 1.807) is 0 Å². The molecular weight excluding hydrogens is 456 g/mol. The Bertz CT molecular complexity index is 1060. The minimum absolute atomic E-state index is 0.00153. The molecule has 1 amide bonds. The number of carbonyl (C=O) groups excluding carboxylic acids is 2. The number of benzene rings is 2. The van der Waals surface area contributed by atoms with Gasteiger partial charge in [0, 0.05) is 26.2 Å². The Morgan fingerprint density at radius 2 is 1.81 bits per heavy atom. The van der Waals surface area contributed by atoms with Crippen LogP contribution < -0.4 is 0 Å². The van der Waals surface area contributed by atoms with Crippen molar-refractivity contribution < 1.29 is 27.5 Å². The van der Waals surface area contributed by atoms with Crippen molar-refractivity contribution in [1.82, 2.24) is 9.21 Å². The van der Waals surface area contributed by atoms with Gasteiger partial charge in [-0.25, -0.2) is 8.42 Å². The zero-order valence-electron chi connectivity index (χ0n) is 17.7. The van der Waals surface area contributed by atoms with Gasteiger partial charge in [0.1, 0.15) is 0 Å². The molecule has 0 atom stereocenters. The summed E-state index contributed by atoms with van der Waals surface area (Å²) in [4.78, 5) is 26.5. The molecule has 0 aliphatic carbocycles. The van der Waals surface area contributed by atoms with Crippen LogP contribution in [0.25, 0.3) is 0 Å². The Morgan fingerprint density at radius 3 is 2.47 bits per heavy atom. The van der Waals surface area contributed by atoms with Crippen molar-refractivity contribution in [3.05, 3.63) is 64.7 Å². The molecule has 8 nitrogen and oxygen atoms in total. The van der Waals surface area contributed by atoms with Crippen molar-refractivity contribution in [3.8, 4) is 0 Å². The minimum Gasteiger partial charge on any atom is -0.469 e. The summed E-state index contributed by atoms with van der Waals surface area (Å²) in [7, 11) is -2.52. The van der Waals surface area contributed by atoms with E-state index in [9.17, 15) is 18.0 Å². The van der Waals surface area contributed by atoms with Crippen LogP contribution in [0.4, 0.5) is 0 Å². The molecule has 0 unspecified atom stereocenters. The van der Waals surface area contributed by atoms with Crippen molar-refractivity contribution in [2.24, 2.45) is 0 Å². The summed E-state index contributed by atoms with van der Waals surface area (Å²) in [6.45, 7) is 1.44. The predicted molar refractivity (Wildman–Crippen MR) is 119 cm³/mol. The van der Waals surface area contributed by atoms with Crippen LogP contribution in [0, 0.1) is 0 Å². The first-order valence-corrected chi connectivity index (χ1v) is 11.9. The monoisotopic (exact) mass is 480 g/mol. The summed E-state index contributed by atoms with van der Waals surface area (Å²) in [5.74, 6) is -0.924. The molecule has 1 saturated heterocycles. The van der Waals surface area contributed by atoms with Crippen LogP contribution in [0.3, 0.4) is 0 Å². The molecule has 3 rings (SSSR count). The fourth-order valence-corrected chi connectivity index (χ4v) is 4.95. The molecule has 1 fully saturated rings. The molecule has 0 saturated carbocycles. The number of esters is 1. The molecule has 10 heteroatoms. The van der Waals surface area contributed by atoms with E-state index in [4.69, 9.17) is 21.1 Å². The molecule has 172 valence electrons. The van der Waals surface area contributed by atoms with Crippen LogP contribution in [-0.2, 0) is 30.8 Å². The van der Waals surface area contributed by atoms with Crippen LogP contribution in [-0.4, -0.2) is 69.5 Å². The van der Waals surface area contributed by atoms with Gasteiger partial charge in [-0.1, -0.05) is 41.9 Å². The second-order valence-corrected chi connectivity index (χ2v) is 9.54. The number of halogens is 1. The third-order valence-electron chi connectivity index (χ3n) is 5.09. The van der Waals surface area contributed by atoms with Gasteiger partial charge in [0.25, 0.3) is 5.91 Å². The quantitative estimate of drug-likeness (QED) is 0.539. The van der Waals surface area contributed by atoms with E-state index in [0.717, 1.165) is 5.56 Å². The third kappa shape index (κ3) is 5.86. The highest BCUT2D eigenvalue weighted by atomic mass is 35.5. The molecule has 0 N–H and O–H groups in total. The number of hydrogen-bond donors (Lipinski definition) is 0. The summed E-state index contributed by atoms with van der Waals surface area (Å²) in [5.41, 5.74) is 0.917. The molecule has 1 heterocycles. The van der Waals surface area contributed by atoms with E-state index in [2.05, 4.69) is 0 Å². The van der Waals surface area contributed by atoms with Crippen molar-refractivity contribution in [2.75, 3.05) is 40.0 Å². The fourth-order valence-electron chi connectivity index (χ4n) is 3.32. The van der Waals surface area contributed by atoms with Crippen LogP contribution >= 0.6 is 11.6 Å². The molecule has 0 aromatic heterocycles. The minimum atomic E-state index is -3.80. The predicted octanol–water partition coefficient (Wildman–Crippen LogP) is 2.57. The topological polar surface area (TPSA) is 93.2 Å². The molecule has 1 aliphatic rings. The maximum absolute atomic E-state index is 13.4. The summed E-state index contributed by atoms with van der Waals surface area (Å²) in [6.07, 6.45) is -0.00153. The summed E-state index contributed by atoms with van der Waals surface area (Å²) >= 11 is 6.30. The lowest BCUT2D eigenvalue weighted by molar-refractivity contribution is -0.140. The lowest BCUT2D eigenvalue weighted by atomic mass is 10.1. The Kier molecular flexibility index (Phi) is 8.25. The normalized spacial score (nSPS) is 14.7. The molecule has 2 aromatic carbocycles. The Labute approximate surface area is 192 Å². The summed E-state index contributed by atoms with van der Waals surface area (Å²) in [5, 5.41) is 0.132. The summed E-state index contributed by atoms with van der Waals surface area (Å²) in [6, 6.07) is 13.4. The molecule has 1 aliphatic heterocycles. The SMILES string of the molecule is COC(=O)CCN(Cc1ccccc1)C(=O)c1cc(S(=O)(=O)N2CCOCC2)ccc1Cl. The number of ether oxygens (including phenoxy) is 2. The van der Waals surface area contributed by atoms with E-state index >= 15 is 0 Å². The molecule has 0 spiro atoms. The van der Waals surface area contributed by atoms with Crippen molar-refractivity contribution in [2.45, 2.75) is 17.9 Å². The number of methoxy groups -OCH3 is 1. The first-order valence-electron chi connectivity index (χ1n) is 10.1. The van der Waals surface area contributed by atoms with Gasteiger partial charge in [0.05, 0.1) is 42.2 Å². The number of morpholine rings is 1. The second kappa shape index (κ2) is 10.9. The number of nitrogens with zero attached hydrogens (tertiary/aromatic N) is 2. The zero-order chi connectivity index (χ0) is 23.1. The van der Waals surface area contributed by atoms with Gasteiger partial charge in [-0.05, 0) is 23.8 Å². The van der Waals surface area contributed by atoms with E-state index in [-0.39, 0.29) is 48.1 Å². The van der Waals surface area contributed by atoms with Gasteiger partial charge in [-0.3, -0.25) is 9.59 Å². The number of rotatable bonds is 8. The molecule has 0 bridgehead atoms. The van der Waals surface area contributed by atoms with Crippen LogP contribution in [0.1, 0.15) is 22.3 Å². The summed E-state index contributed by atoms with van der Waals surface area (Å²) < 4.78 is 37.3. The Morgan fingerprint density at radius 1 is 1.12 bits per heavy atom. The number of sulfonamides is 1. The van der Waals surface area contributed by atoms with Gasteiger partial charge in [0.15, 0.2) is 0 Å². The lowest BCUT2D eigenvalue weighted by Gasteiger charge is -2.27. The number of hydrogen-bond acceptors (Lipinski definition) is 6. The van der Waals surface area contributed by atoms with Gasteiger partial charge in [0.2, 0.25) is 10.0 Å². The molecule has 2 aromatic rings. The average Bonchev–Trinajstić information content (AvgIpc) is 2.82. The van der Waals surface area contributed by atoms with Crippen LogP contribution in [0.15, 0.2) is 53.4 Å². The highest BCUT2D eigenvalue weighted by molar-refractivity contribution is 7.89. The first kappa shape index (κ1) is 24.2. The Balaban J connectivity index is 1.90. The highest BCUT2D eigenvalue weighted by Crippen LogP contribution is 2.25. The Hall–Kier alpha value is -2.46. The van der Waals surface area contributed by atoms with Gasteiger partial charge in [-0.15, -0.1) is 0 Å². The van der Waals surface area contributed by atoms with E-state index in [1.807, 2.05) is 30.3 Å². The van der Waals surface area contributed by atoms with Crippen molar-refractivity contribution in [3.63, 3.8) is 0 Å². The maximum Gasteiger partial charge on any atom is 0.307 e. The van der Waals surface area contributed by atoms with Gasteiger partial charge >= 0.3 is 5.97 Å². The largest absolute Gasteiger partial charge is 0.469 e. The molecular formula is C22H25ClN2O6S. The first-order chi connectivity index (χ1) is 15.3. The van der Waals surface area contributed by atoms with Crippen LogP contribution in [0.5, 0.6) is 0 Å². The third-order valence-corrected chi connectivity index (χ3v) is 7.32. The second-order valence-electron chi connectivity index (χ2n) is 7.20. The van der Waals surface area contributed by atoms with E-state index in [1.165, 1.54) is 34.5 Å². The van der Waals surface area contributed by atoms with Gasteiger partial charge in [-0.2, -0.15) is 4.31 Å². The molecule has 0 radical (unpaired) electrons. The van der Waals surface area contributed by atoms with Gasteiger partial charge < -0.3 is 14.4 Å². The highest BCUT2D eigenvalue weighted by Gasteiger charge is 2.28. The zero-order valence-corrected chi connectivity index (χ0v) is 19.3. The van der Waals surface area contributed by atoms with E-state index in [0.29, 0.717) is 13.2 Å². The van der Waals surface area contributed by atoms with Crippen LogP contribution in [0.2, 0.25) is 5.02 Å². The van der Waals surface area contributed by atoms with E-state index < -0.39 is 21.9 Å². The number of amides is 1. The lowest BCUT2D eigenvalue weighted by Crippen LogP contribution is -2.40. The average molecular weight is 481 g/mol. The molecule has 32 heavy (non-hydrogen) atoms.